The van der Waals surface area contributed by atoms with E-state index in [4.69, 9.17) is 0 Å². The van der Waals surface area contributed by atoms with Crippen molar-refractivity contribution in [3.63, 3.8) is 0 Å². The molecule has 4 rings (SSSR count). The first kappa shape index (κ1) is 14.9. The van der Waals surface area contributed by atoms with Gasteiger partial charge in [-0.05, 0) is 30.9 Å². The van der Waals surface area contributed by atoms with Gasteiger partial charge in [-0.2, -0.15) is 10.4 Å². The number of nitrogens with zero attached hydrogens (tertiary/aromatic N) is 4. The summed E-state index contributed by atoms with van der Waals surface area (Å²) >= 11 is 0. The van der Waals surface area contributed by atoms with Crippen LogP contribution in [-0.2, 0) is 18.9 Å². The van der Waals surface area contributed by atoms with Crippen molar-refractivity contribution in [3.05, 3.63) is 46.9 Å². The predicted molar refractivity (Wildman–Crippen MR) is 94.7 cm³/mol. The fourth-order valence-corrected chi connectivity index (χ4v) is 3.99. The second kappa shape index (κ2) is 4.91. The van der Waals surface area contributed by atoms with Gasteiger partial charge in [-0.3, -0.25) is 9.67 Å². The highest BCUT2D eigenvalue weighted by molar-refractivity contribution is 5.98. The van der Waals surface area contributed by atoms with Gasteiger partial charge in [-0.25, -0.2) is 0 Å². The van der Waals surface area contributed by atoms with Crippen LogP contribution >= 0.6 is 0 Å². The second-order valence-electron chi connectivity index (χ2n) is 7.33. The van der Waals surface area contributed by atoms with Gasteiger partial charge in [0.15, 0.2) is 0 Å². The Morgan fingerprint density at radius 1 is 1.21 bits per heavy atom. The van der Waals surface area contributed by atoms with Gasteiger partial charge in [-0.1, -0.05) is 26.0 Å². The highest BCUT2D eigenvalue weighted by Crippen LogP contribution is 2.44. The normalized spacial score (nSPS) is 15.5. The van der Waals surface area contributed by atoms with E-state index in [1.807, 2.05) is 17.9 Å². The zero-order chi connectivity index (χ0) is 17.1. The van der Waals surface area contributed by atoms with Gasteiger partial charge < -0.3 is 0 Å². The minimum atomic E-state index is 0.0618. The van der Waals surface area contributed by atoms with Gasteiger partial charge in [0.1, 0.15) is 6.07 Å². The van der Waals surface area contributed by atoms with Gasteiger partial charge in [0.25, 0.3) is 0 Å². The fourth-order valence-electron chi connectivity index (χ4n) is 3.99. The number of pyridine rings is 1. The zero-order valence-corrected chi connectivity index (χ0v) is 14.5. The van der Waals surface area contributed by atoms with E-state index in [-0.39, 0.29) is 5.41 Å². The summed E-state index contributed by atoms with van der Waals surface area (Å²) in [5.41, 5.74) is 7.52. The van der Waals surface area contributed by atoms with E-state index < -0.39 is 0 Å². The molecule has 0 atom stereocenters. The molecule has 0 unspecified atom stereocenters. The highest BCUT2D eigenvalue weighted by atomic mass is 15.2. The molecular weight excluding hydrogens is 296 g/mol. The first-order valence-electron chi connectivity index (χ1n) is 8.28. The third-order valence-electron chi connectivity index (χ3n) is 5.30. The molecule has 24 heavy (non-hydrogen) atoms. The monoisotopic (exact) mass is 316 g/mol. The van der Waals surface area contributed by atoms with E-state index in [1.165, 1.54) is 11.1 Å². The van der Waals surface area contributed by atoms with Gasteiger partial charge >= 0.3 is 0 Å². The van der Waals surface area contributed by atoms with Gasteiger partial charge in [-0.15, -0.1) is 0 Å². The van der Waals surface area contributed by atoms with Crippen LogP contribution in [0, 0.1) is 18.3 Å². The van der Waals surface area contributed by atoms with Crippen LogP contribution < -0.4 is 0 Å². The number of benzene rings is 1. The number of hydrogen-bond donors (Lipinski definition) is 0. The molecule has 2 aromatic heterocycles. The molecular formula is C20H20N4. The van der Waals surface area contributed by atoms with Crippen molar-refractivity contribution in [2.45, 2.75) is 39.0 Å². The molecule has 1 aliphatic rings. The van der Waals surface area contributed by atoms with Crippen molar-refractivity contribution < 1.29 is 0 Å². The molecule has 0 saturated carbocycles. The van der Waals surface area contributed by atoms with Crippen LogP contribution in [0.15, 0.2) is 24.5 Å². The first-order chi connectivity index (χ1) is 11.4. The van der Waals surface area contributed by atoms with Gasteiger partial charge in [0, 0.05) is 40.9 Å². The molecule has 120 valence electrons. The first-order valence-corrected chi connectivity index (χ1v) is 8.28. The van der Waals surface area contributed by atoms with Crippen LogP contribution in [0.2, 0.25) is 0 Å². The van der Waals surface area contributed by atoms with E-state index in [1.54, 1.807) is 6.20 Å². The van der Waals surface area contributed by atoms with E-state index in [0.29, 0.717) is 5.56 Å². The fraction of sp³-hybridized carbons (Fsp3) is 0.350. The lowest BCUT2D eigenvalue weighted by Crippen LogP contribution is -2.14. The SMILES string of the molecule is Cc1ccc2cnn(C)c2c1-c1c(C#N)cnc2c1CCC2(C)C. The second-order valence-corrected chi connectivity index (χ2v) is 7.33. The predicted octanol–water partition coefficient (Wildman–Crippen LogP) is 4.04. The van der Waals surface area contributed by atoms with Crippen molar-refractivity contribution >= 4 is 10.9 Å². The molecule has 2 heterocycles. The maximum absolute atomic E-state index is 9.71. The smallest absolute Gasteiger partial charge is 0.101 e. The summed E-state index contributed by atoms with van der Waals surface area (Å²) in [5, 5.41) is 15.2. The Hall–Kier alpha value is -2.67. The number of aromatic nitrogens is 3. The molecule has 0 N–H and O–H groups in total. The summed E-state index contributed by atoms with van der Waals surface area (Å²) in [4.78, 5) is 4.64. The Morgan fingerprint density at radius 2 is 2.00 bits per heavy atom. The van der Waals surface area contributed by atoms with Crippen LogP contribution in [0.25, 0.3) is 22.0 Å². The molecule has 0 saturated heterocycles. The minimum Gasteiger partial charge on any atom is -0.267 e. The lowest BCUT2D eigenvalue weighted by atomic mass is 9.87. The number of rotatable bonds is 1. The third-order valence-corrected chi connectivity index (χ3v) is 5.30. The van der Waals surface area contributed by atoms with Crippen LogP contribution in [-0.4, -0.2) is 14.8 Å². The number of hydrogen-bond acceptors (Lipinski definition) is 3. The molecule has 0 radical (unpaired) electrons. The Labute approximate surface area is 141 Å². The van der Waals surface area contributed by atoms with Crippen molar-refractivity contribution in [1.29, 1.82) is 5.26 Å². The van der Waals surface area contributed by atoms with Crippen LogP contribution in [0.1, 0.15) is 42.7 Å². The summed E-state index contributed by atoms with van der Waals surface area (Å²) < 4.78 is 1.91. The molecule has 3 aromatic rings. The Bertz CT molecular complexity index is 1020. The van der Waals surface area contributed by atoms with Crippen LogP contribution in [0.3, 0.4) is 0 Å². The van der Waals surface area contributed by atoms with Crippen molar-refractivity contribution in [2.24, 2.45) is 7.05 Å². The lowest BCUT2D eigenvalue weighted by molar-refractivity contribution is 0.509. The highest BCUT2D eigenvalue weighted by Gasteiger charge is 2.35. The molecule has 1 aromatic carbocycles. The van der Waals surface area contributed by atoms with Crippen LogP contribution in [0.5, 0.6) is 0 Å². The molecule has 0 fully saturated rings. The van der Waals surface area contributed by atoms with Gasteiger partial charge in [0.2, 0.25) is 0 Å². The molecule has 0 bridgehead atoms. The van der Waals surface area contributed by atoms with E-state index in [0.717, 1.165) is 40.6 Å². The van der Waals surface area contributed by atoms with E-state index in [9.17, 15) is 5.26 Å². The molecule has 0 spiro atoms. The average molecular weight is 316 g/mol. The van der Waals surface area contributed by atoms with Crippen LogP contribution in [0.4, 0.5) is 0 Å². The largest absolute Gasteiger partial charge is 0.267 e. The number of fused-ring (bicyclic) bond motifs is 2. The molecule has 4 heteroatoms. The Balaban J connectivity index is 2.16. The van der Waals surface area contributed by atoms with Crippen molar-refractivity contribution in [2.75, 3.05) is 0 Å². The lowest BCUT2D eigenvalue weighted by Gasteiger charge is -2.19. The Kier molecular flexibility index (Phi) is 3.05. The van der Waals surface area contributed by atoms with Crippen molar-refractivity contribution in [3.8, 4) is 17.2 Å². The summed E-state index contributed by atoms with van der Waals surface area (Å²) in [6, 6.07) is 6.58. The topological polar surface area (TPSA) is 54.5 Å². The number of aryl methyl sites for hydroxylation is 2. The maximum atomic E-state index is 9.71. The maximum Gasteiger partial charge on any atom is 0.101 e. The number of nitriles is 1. The summed E-state index contributed by atoms with van der Waals surface area (Å²) in [6.45, 7) is 6.58. The summed E-state index contributed by atoms with van der Waals surface area (Å²) in [6.07, 6.45) is 5.66. The quantitative estimate of drug-likeness (QED) is 0.681. The molecule has 1 aliphatic carbocycles. The standard InChI is InChI=1S/C20H20N4/c1-12-5-6-13-11-23-24(4)18(13)16(12)17-14(9-21)10-22-19-15(17)7-8-20(19,2)3/h5-6,10-11H,7-8H2,1-4H3. The molecule has 0 aliphatic heterocycles. The molecule has 4 nitrogen and oxygen atoms in total. The van der Waals surface area contributed by atoms with Gasteiger partial charge in [0.05, 0.1) is 17.3 Å². The zero-order valence-electron chi connectivity index (χ0n) is 14.5. The van der Waals surface area contributed by atoms with E-state index >= 15 is 0 Å². The summed E-state index contributed by atoms with van der Waals surface area (Å²) in [7, 11) is 1.96. The third kappa shape index (κ3) is 1.91. The molecule has 0 amide bonds. The summed E-state index contributed by atoms with van der Waals surface area (Å²) in [5.74, 6) is 0. The van der Waals surface area contributed by atoms with E-state index in [2.05, 4.69) is 49.1 Å². The Morgan fingerprint density at radius 3 is 2.75 bits per heavy atom. The van der Waals surface area contributed by atoms with Crippen molar-refractivity contribution in [1.82, 2.24) is 14.8 Å². The average Bonchev–Trinajstić information content (AvgIpc) is 3.08. The minimum absolute atomic E-state index is 0.0618.